The standard InChI is InChI=1S/C13H20O6/c1-7-9(5-6-10(14)17-3)19-12(13(16)18-4)8(2)11(7)15/h5-9,11-12,15H,1-4H3/b6-5+. The third-order valence-corrected chi connectivity index (χ3v) is 3.43. The fraction of sp³-hybridized carbons (Fsp3) is 0.692. The first-order valence-corrected chi connectivity index (χ1v) is 6.09. The highest BCUT2D eigenvalue weighted by atomic mass is 16.6. The van der Waals surface area contributed by atoms with Crippen molar-refractivity contribution in [3.8, 4) is 0 Å². The number of rotatable bonds is 3. The summed E-state index contributed by atoms with van der Waals surface area (Å²) in [6.07, 6.45) is 0.600. The topological polar surface area (TPSA) is 82.1 Å². The molecule has 1 fully saturated rings. The lowest BCUT2D eigenvalue weighted by atomic mass is 9.82. The summed E-state index contributed by atoms with van der Waals surface area (Å²) in [5.74, 6) is -1.66. The molecule has 1 aliphatic rings. The van der Waals surface area contributed by atoms with Gasteiger partial charge in [-0.1, -0.05) is 13.8 Å². The molecule has 19 heavy (non-hydrogen) atoms. The lowest BCUT2D eigenvalue weighted by molar-refractivity contribution is -0.185. The lowest BCUT2D eigenvalue weighted by Crippen LogP contribution is -2.51. The molecule has 0 aliphatic carbocycles. The summed E-state index contributed by atoms with van der Waals surface area (Å²) >= 11 is 0. The third-order valence-electron chi connectivity index (χ3n) is 3.43. The number of aliphatic hydroxyl groups is 1. The number of aliphatic hydroxyl groups excluding tert-OH is 1. The number of ether oxygens (including phenoxy) is 3. The smallest absolute Gasteiger partial charge is 0.335 e. The SMILES string of the molecule is COC(=O)/C=C/C1OC(C(=O)OC)C(C)C(O)C1C. The molecule has 108 valence electrons. The second-order valence-corrected chi connectivity index (χ2v) is 4.64. The van der Waals surface area contributed by atoms with E-state index >= 15 is 0 Å². The second kappa shape index (κ2) is 6.68. The molecular weight excluding hydrogens is 252 g/mol. The van der Waals surface area contributed by atoms with E-state index in [1.165, 1.54) is 26.4 Å². The molecule has 1 rings (SSSR count). The molecule has 0 spiro atoms. The molecule has 6 nitrogen and oxygen atoms in total. The molecule has 0 aromatic carbocycles. The minimum absolute atomic E-state index is 0.239. The van der Waals surface area contributed by atoms with Gasteiger partial charge >= 0.3 is 11.9 Å². The number of hydrogen-bond donors (Lipinski definition) is 1. The summed E-state index contributed by atoms with van der Waals surface area (Å²) in [7, 11) is 2.54. The second-order valence-electron chi connectivity index (χ2n) is 4.64. The van der Waals surface area contributed by atoms with Gasteiger partial charge in [0.2, 0.25) is 0 Å². The predicted molar refractivity (Wildman–Crippen MR) is 66.2 cm³/mol. The Morgan fingerprint density at radius 1 is 1.16 bits per heavy atom. The summed E-state index contributed by atoms with van der Waals surface area (Å²) in [5, 5.41) is 10.1. The molecule has 1 N–H and O–H groups in total. The highest BCUT2D eigenvalue weighted by Crippen LogP contribution is 2.31. The van der Waals surface area contributed by atoms with Gasteiger partial charge in [-0.05, 0) is 6.08 Å². The molecule has 1 aliphatic heterocycles. The van der Waals surface area contributed by atoms with Crippen molar-refractivity contribution in [3.63, 3.8) is 0 Å². The highest BCUT2D eigenvalue weighted by molar-refractivity contribution is 5.81. The van der Waals surface area contributed by atoms with E-state index in [0.29, 0.717) is 0 Å². The van der Waals surface area contributed by atoms with Crippen LogP contribution in [-0.4, -0.2) is 49.6 Å². The van der Waals surface area contributed by atoms with Crippen LogP contribution in [0.2, 0.25) is 0 Å². The summed E-state index contributed by atoms with van der Waals surface area (Å²) < 4.78 is 14.7. The summed E-state index contributed by atoms with van der Waals surface area (Å²) in [6.45, 7) is 3.52. The first-order chi connectivity index (χ1) is 8.92. The van der Waals surface area contributed by atoms with Crippen molar-refractivity contribution in [2.45, 2.75) is 32.2 Å². The van der Waals surface area contributed by atoms with Crippen molar-refractivity contribution in [2.75, 3.05) is 14.2 Å². The van der Waals surface area contributed by atoms with Crippen molar-refractivity contribution < 1.29 is 28.9 Å². The van der Waals surface area contributed by atoms with E-state index in [-0.39, 0.29) is 11.8 Å². The maximum absolute atomic E-state index is 11.6. The van der Waals surface area contributed by atoms with Crippen molar-refractivity contribution >= 4 is 11.9 Å². The molecule has 1 heterocycles. The first-order valence-electron chi connectivity index (χ1n) is 6.09. The van der Waals surface area contributed by atoms with Crippen LogP contribution >= 0.6 is 0 Å². The minimum atomic E-state index is -0.844. The minimum Gasteiger partial charge on any atom is -0.467 e. The predicted octanol–water partition coefficient (Wildman–Crippen LogP) is 0.289. The van der Waals surface area contributed by atoms with Gasteiger partial charge in [-0.2, -0.15) is 0 Å². The molecule has 5 atom stereocenters. The molecule has 0 aromatic heterocycles. The van der Waals surface area contributed by atoms with Gasteiger partial charge in [0.05, 0.1) is 26.4 Å². The van der Waals surface area contributed by atoms with Gasteiger partial charge in [-0.25, -0.2) is 9.59 Å². The summed E-state index contributed by atoms with van der Waals surface area (Å²) in [4.78, 5) is 22.7. The van der Waals surface area contributed by atoms with E-state index in [4.69, 9.17) is 4.74 Å². The molecule has 6 heteroatoms. The van der Waals surface area contributed by atoms with Crippen LogP contribution in [0, 0.1) is 11.8 Å². The largest absolute Gasteiger partial charge is 0.467 e. The highest BCUT2D eigenvalue weighted by Gasteiger charge is 2.43. The van der Waals surface area contributed by atoms with Crippen LogP contribution in [-0.2, 0) is 23.8 Å². The Morgan fingerprint density at radius 3 is 2.32 bits per heavy atom. The van der Waals surface area contributed by atoms with E-state index in [0.717, 1.165) is 0 Å². The first kappa shape index (κ1) is 15.7. The Bertz CT molecular complexity index is 364. The van der Waals surface area contributed by atoms with E-state index in [1.54, 1.807) is 13.8 Å². The van der Waals surface area contributed by atoms with Crippen LogP contribution in [0.5, 0.6) is 0 Å². The number of carbonyl (C=O) groups is 2. The molecule has 0 aromatic rings. The van der Waals surface area contributed by atoms with Gasteiger partial charge in [-0.3, -0.25) is 0 Å². The Kier molecular flexibility index (Phi) is 5.50. The molecular formula is C13H20O6. The van der Waals surface area contributed by atoms with Crippen LogP contribution in [0.3, 0.4) is 0 Å². The van der Waals surface area contributed by atoms with Gasteiger partial charge in [0.15, 0.2) is 6.10 Å². The van der Waals surface area contributed by atoms with Gasteiger partial charge in [0.1, 0.15) is 0 Å². The van der Waals surface area contributed by atoms with E-state index < -0.39 is 30.3 Å². The van der Waals surface area contributed by atoms with Gasteiger partial charge in [0.25, 0.3) is 0 Å². The molecule has 5 unspecified atom stereocenters. The average Bonchev–Trinajstić information content (AvgIpc) is 2.42. The normalized spacial score (nSPS) is 35.1. The van der Waals surface area contributed by atoms with E-state index in [1.807, 2.05) is 0 Å². The zero-order valence-electron chi connectivity index (χ0n) is 11.5. The number of esters is 2. The number of carbonyl (C=O) groups excluding carboxylic acids is 2. The molecule has 0 amide bonds. The van der Waals surface area contributed by atoms with Crippen molar-refractivity contribution in [3.05, 3.63) is 12.2 Å². The van der Waals surface area contributed by atoms with Crippen LogP contribution in [0.4, 0.5) is 0 Å². The Hall–Kier alpha value is -1.40. The summed E-state index contributed by atoms with van der Waals surface area (Å²) in [5.41, 5.74) is 0. The quantitative estimate of drug-likeness (QED) is 0.587. The van der Waals surface area contributed by atoms with E-state index in [2.05, 4.69) is 9.47 Å². The zero-order valence-corrected chi connectivity index (χ0v) is 11.5. The van der Waals surface area contributed by atoms with Crippen molar-refractivity contribution in [1.82, 2.24) is 0 Å². The molecule has 0 radical (unpaired) electrons. The van der Waals surface area contributed by atoms with Crippen molar-refractivity contribution in [1.29, 1.82) is 0 Å². The fourth-order valence-electron chi connectivity index (χ4n) is 2.12. The van der Waals surface area contributed by atoms with Crippen molar-refractivity contribution in [2.24, 2.45) is 11.8 Å². The number of hydrogen-bond acceptors (Lipinski definition) is 6. The average molecular weight is 272 g/mol. The molecule has 0 bridgehead atoms. The van der Waals surface area contributed by atoms with Crippen LogP contribution in [0.15, 0.2) is 12.2 Å². The van der Waals surface area contributed by atoms with Crippen LogP contribution < -0.4 is 0 Å². The molecule has 1 saturated heterocycles. The Labute approximate surface area is 112 Å². The number of methoxy groups -OCH3 is 2. The van der Waals surface area contributed by atoms with Crippen LogP contribution in [0.1, 0.15) is 13.8 Å². The van der Waals surface area contributed by atoms with Gasteiger partial charge in [0, 0.05) is 17.9 Å². The van der Waals surface area contributed by atoms with E-state index in [9.17, 15) is 14.7 Å². The van der Waals surface area contributed by atoms with Crippen LogP contribution in [0.25, 0.3) is 0 Å². The fourth-order valence-corrected chi connectivity index (χ4v) is 2.12. The maximum Gasteiger partial charge on any atom is 0.335 e. The zero-order chi connectivity index (χ0) is 14.6. The lowest BCUT2D eigenvalue weighted by Gasteiger charge is -2.40. The van der Waals surface area contributed by atoms with Gasteiger partial charge < -0.3 is 19.3 Å². The Balaban J connectivity index is 2.84. The summed E-state index contributed by atoms with van der Waals surface area (Å²) in [6, 6.07) is 0. The van der Waals surface area contributed by atoms with Gasteiger partial charge in [-0.15, -0.1) is 0 Å². The Morgan fingerprint density at radius 2 is 1.79 bits per heavy atom. The maximum atomic E-state index is 11.6. The third kappa shape index (κ3) is 3.54. The monoisotopic (exact) mass is 272 g/mol. The molecule has 0 saturated carbocycles.